The lowest BCUT2D eigenvalue weighted by molar-refractivity contribution is -0.124. The van der Waals surface area contributed by atoms with Crippen LogP contribution in [0.25, 0.3) is 0 Å². The van der Waals surface area contributed by atoms with Crippen LogP contribution in [-0.2, 0) is 28.9 Å². The number of likely N-dealkylation sites (tertiary alicyclic amines) is 1. The molecule has 4 rings (SSSR count). The number of hydrogen-bond donors (Lipinski definition) is 0. The molecule has 0 aliphatic carbocycles. The lowest BCUT2D eigenvalue weighted by atomic mass is 9.98. The Morgan fingerprint density at radius 1 is 1.02 bits per heavy atom. The SMILES string of the molecule is C=C(CN1CCCCC1)C(=O)Cc1ccc(OC)c(Cc2ncc(Cl)c(Cc3ccccc3C(=O)C(=O)N(C)C)n2)c1. The van der Waals surface area contributed by atoms with Crippen LogP contribution in [0, 0.1) is 0 Å². The molecule has 2 heterocycles. The molecule has 1 amide bonds. The van der Waals surface area contributed by atoms with Crippen LogP contribution in [0.4, 0.5) is 0 Å². The second-order valence-corrected chi connectivity index (χ2v) is 11.2. The van der Waals surface area contributed by atoms with E-state index in [1.165, 1.54) is 24.2 Å². The van der Waals surface area contributed by atoms with E-state index < -0.39 is 11.7 Å². The molecule has 9 heteroatoms. The number of piperidine rings is 1. The fourth-order valence-corrected chi connectivity index (χ4v) is 5.24. The van der Waals surface area contributed by atoms with Crippen molar-refractivity contribution in [2.75, 3.05) is 40.8 Å². The Bertz CT molecular complexity index is 1480. The van der Waals surface area contributed by atoms with Crippen LogP contribution in [0.5, 0.6) is 5.75 Å². The normalized spacial score (nSPS) is 13.4. The summed E-state index contributed by atoms with van der Waals surface area (Å²) in [5.41, 5.74) is 3.83. The van der Waals surface area contributed by atoms with E-state index in [4.69, 9.17) is 21.3 Å². The molecule has 0 bridgehead atoms. The van der Waals surface area contributed by atoms with Gasteiger partial charge in [0, 0.05) is 62.8 Å². The summed E-state index contributed by atoms with van der Waals surface area (Å²) >= 11 is 6.48. The topological polar surface area (TPSA) is 92.7 Å². The van der Waals surface area contributed by atoms with Crippen molar-refractivity contribution in [2.45, 2.75) is 38.5 Å². The molecule has 1 aliphatic heterocycles. The Kier molecular flexibility index (Phi) is 10.6. The highest BCUT2D eigenvalue weighted by Crippen LogP contribution is 2.25. The summed E-state index contributed by atoms with van der Waals surface area (Å²) in [7, 11) is 4.68. The van der Waals surface area contributed by atoms with Gasteiger partial charge in [-0.15, -0.1) is 0 Å². The first-order chi connectivity index (χ1) is 20.2. The van der Waals surface area contributed by atoms with Crippen molar-refractivity contribution in [1.82, 2.24) is 19.8 Å². The number of amides is 1. The van der Waals surface area contributed by atoms with Gasteiger partial charge in [0.1, 0.15) is 11.6 Å². The summed E-state index contributed by atoms with van der Waals surface area (Å²) in [5.74, 6) is 0.0197. The molecule has 3 aromatic rings. The fraction of sp³-hybridized carbons (Fsp3) is 0.364. The minimum Gasteiger partial charge on any atom is -0.496 e. The van der Waals surface area contributed by atoms with Crippen molar-refractivity contribution in [3.05, 3.63) is 99.6 Å². The molecule has 220 valence electrons. The number of carbonyl (C=O) groups is 3. The molecule has 1 aliphatic rings. The van der Waals surface area contributed by atoms with Crippen molar-refractivity contribution in [3.63, 3.8) is 0 Å². The van der Waals surface area contributed by atoms with Crippen molar-refractivity contribution in [3.8, 4) is 5.75 Å². The Morgan fingerprint density at radius 3 is 2.48 bits per heavy atom. The van der Waals surface area contributed by atoms with Crippen LogP contribution in [-0.4, -0.2) is 78.1 Å². The van der Waals surface area contributed by atoms with Gasteiger partial charge in [-0.3, -0.25) is 19.3 Å². The van der Waals surface area contributed by atoms with Gasteiger partial charge in [-0.2, -0.15) is 0 Å². The largest absolute Gasteiger partial charge is 0.496 e. The first-order valence-corrected chi connectivity index (χ1v) is 14.5. The van der Waals surface area contributed by atoms with Crippen LogP contribution in [0.15, 0.2) is 60.8 Å². The predicted octanol–water partition coefficient (Wildman–Crippen LogP) is 4.74. The molecule has 1 fully saturated rings. The lowest BCUT2D eigenvalue weighted by Crippen LogP contribution is -2.33. The van der Waals surface area contributed by atoms with E-state index in [0.717, 1.165) is 24.2 Å². The van der Waals surface area contributed by atoms with Gasteiger partial charge in [0.15, 0.2) is 5.78 Å². The summed E-state index contributed by atoms with van der Waals surface area (Å²) in [6, 6.07) is 12.6. The Balaban J connectivity index is 1.51. The van der Waals surface area contributed by atoms with E-state index in [0.29, 0.717) is 52.0 Å². The van der Waals surface area contributed by atoms with E-state index in [-0.39, 0.29) is 18.6 Å². The first-order valence-electron chi connectivity index (χ1n) is 14.1. The number of rotatable bonds is 12. The zero-order valence-electron chi connectivity index (χ0n) is 24.5. The Labute approximate surface area is 252 Å². The maximum Gasteiger partial charge on any atom is 0.294 e. The number of benzene rings is 2. The predicted molar refractivity (Wildman–Crippen MR) is 163 cm³/mol. The van der Waals surface area contributed by atoms with Crippen LogP contribution in [0.2, 0.25) is 5.02 Å². The van der Waals surface area contributed by atoms with Crippen LogP contribution in [0.1, 0.15) is 57.8 Å². The van der Waals surface area contributed by atoms with Crippen molar-refractivity contribution < 1.29 is 19.1 Å². The summed E-state index contributed by atoms with van der Waals surface area (Å²) in [6.45, 7) is 6.70. The van der Waals surface area contributed by atoms with E-state index in [2.05, 4.69) is 16.5 Å². The smallest absolute Gasteiger partial charge is 0.294 e. The second kappa shape index (κ2) is 14.3. The number of Topliss-reactive ketones (excluding diaryl/α,β-unsaturated/α-hetero) is 2. The van der Waals surface area contributed by atoms with Crippen LogP contribution >= 0.6 is 11.6 Å². The molecule has 0 radical (unpaired) electrons. The number of hydrogen-bond acceptors (Lipinski definition) is 7. The summed E-state index contributed by atoms with van der Waals surface area (Å²) in [5, 5.41) is 0.360. The number of aromatic nitrogens is 2. The number of carbonyl (C=O) groups excluding carboxylic acids is 3. The van der Waals surface area contributed by atoms with Gasteiger partial charge in [0.2, 0.25) is 0 Å². The van der Waals surface area contributed by atoms with Gasteiger partial charge in [-0.1, -0.05) is 61.0 Å². The third-order valence-electron chi connectivity index (χ3n) is 7.40. The standard InChI is InChI=1S/C33H37ClN4O4/c1-22(21-38-14-8-5-9-15-38)29(39)17-23-12-13-30(42-4)25(16-23)19-31-35-20-27(34)28(36-31)18-24-10-6-7-11-26(24)32(40)33(41)37(2)3/h6-7,10-13,16,20H,1,5,8-9,14-15,17-19,21H2,2-4H3. The number of halogens is 1. The summed E-state index contributed by atoms with van der Waals surface area (Å²) in [4.78, 5) is 50.8. The van der Waals surface area contributed by atoms with E-state index in [1.54, 1.807) is 51.7 Å². The zero-order valence-corrected chi connectivity index (χ0v) is 25.2. The number of nitrogens with zero attached hydrogens (tertiary/aromatic N) is 4. The third-order valence-corrected chi connectivity index (χ3v) is 7.72. The second-order valence-electron chi connectivity index (χ2n) is 10.8. The molecular formula is C33H37ClN4O4. The molecule has 0 N–H and O–H groups in total. The van der Waals surface area contributed by atoms with E-state index in [1.807, 2.05) is 18.2 Å². The van der Waals surface area contributed by atoms with Crippen LogP contribution < -0.4 is 4.74 Å². The number of methoxy groups -OCH3 is 1. The van der Waals surface area contributed by atoms with E-state index >= 15 is 0 Å². The minimum absolute atomic E-state index is 0.0303. The monoisotopic (exact) mass is 588 g/mol. The molecule has 0 atom stereocenters. The maximum absolute atomic E-state index is 13.0. The van der Waals surface area contributed by atoms with Crippen LogP contribution in [0.3, 0.4) is 0 Å². The molecule has 8 nitrogen and oxygen atoms in total. The van der Waals surface area contributed by atoms with Crippen molar-refractivity contribution in [1.29, 1.82) is 0 Å². The van der Waals surface area contributed by atoms with Gasteiger partial charge in [0.05, 0.1) is 17.8 Å². The summed E-state index contributed by atoms with van der Waals surface area (Å²) < 4.78 is 5.59. The van der Waals surface area contributed by atoms with Crippen molar-refractivity contribution in [2.24, 2.45) is 0 Å². The molecule has 2 aromatic carbocycles. The molecular weight excluding hydrogens is 552 g/mol. The molecule has 0 spiro atoms. The fourth-order valence-electron chi connectivity index (χ4n) is 5.08. The Morgan fingerprint density at radius 2 is 1.76 bits per heavy atom. The molecule has 0 saturated carbocycles. The Hall–Kier alpha value is -3.88. The van der Waals surface area contributed by atoms with E-state index in [9.17, 15) is 14.4 Å². The average molecular weight is 589 g/mol. The highest BCUT2D eigenvalue weighted by molar-refractivity contribution is 6.43. The highest BCUT2D eigenvalue weighted by Gasteiger charge is 2.22. The van der Waals surface area contributed by atoms with Crippen molar-refractivity contribution >= 4 is 29.1 Å². The lowest BCUT2D eigenvalue weighted by Gasteiger charge is -2.26. The number of ketones is 2. The minimum atomic E-state index is -0.600. The van der Waals surface area contributed by atoms with Gasteiger partial charge in [-0.25, -0.2) is 9.97 Å². The maximum atomic E-state index is 13.0. The molecule has 1 saturated heterocycles. The van der Waals surface area contributed by atoms with Gasteiger partial charge >= 0.3 is 0 Å². The number of ether oxygens (including phenoxy) is 1. The first kappa shape index (κ1) is 31.1. The van der Waals surface area contributed by atoms with Gasteiger partial charge < -0.3 is 9.64 Å². The zero-order chi connectivity index (χ0) is 30.2. The van der Waals surface area contributed by atoms with Gasteiger partial charge in [0.25, 0.3) is 11.7 Å². The highest BCUT2D eigenvalue weighted by atomic mass is 35.5. The molecule has 42 heavy (non-hydrogen) atoms. The molecule has 0 unspecified atom stereocenters. The summed E-state index contributed by atoms with van der Waals surface area (Å²) in [6.07, 6.45) is 5.98. The molecule has 1 aromatic heterocycles. The third kappa shape index (κ3) is 7.89. The average Bonchev–Trinajstić information content (AvgIpc) is 2.99. The number of likely N-dealkylation sites (N-methyl/N-ethyl adjacent to an activating group) is 1. The van der Waals surface area contributed by atoms with Gasteiger partial charge in [-0.05, 0) is 43.1 Å². The quantitative estimate of drug-likeness (QED) is 0.171.